The Morgan fingerprint density at radius 1 is 1.40 bits per heavy atom. The zero-order chi connectivity index (χ0) is 10.7. The van der Waals surface area contributed by atoms with Crippen LogP contribution in [-0.4, -0.2) is 6.04 Å². The topological polar surface area (TPSA) is 12.0 Å². The first-order valence-electron chi connectivity index (χ1n) is 5.71. The standard InChI is InChI=1S/C12H18BrNS/c1-9-2-4-10(5-3-9)14-8-12-11(13)6-7-15-12/h6-7,9-10,14H,2-5,8H2,1H3. The summed E-state index contributed by atoms with van der Waals surface area (Å²) >= 11 is 5.40. The second-order valence-electron chi connectivity index (χ2n) is 4.53. The van der Waals surface area contributed by atoms with Crippen molar-refractivity contribution in [3.8, 4) is 0 Å². The molecule has 1 aliphatic carbocycles. The van der Waals surface area contributed by atoms with Crippen LogP contribution in [0.25, 0.3) is 0 Å². The first-order chi connectivity index (χ1) is 7.25. The Morgan fingerprint density at radius 3 is 2.73 bits per heavy atom. The molecule has 1 nitrogen and oxygen atoms in total. The second kappa shape index (κ2) is 5.46. The summed E-state index contributed by atoms with van der Waals surface area (Å²) in [5.41, 5.74) is 0. The van der Waals surface area contributed by atoms with Gasteiger partial charge in [0.2, 0.25) is 0 Å². The predicted octanol–water partition coefficient (Wildman–Crippen LogP) is 4.18. The molecule has 1 heterocycles. The van der Waals surface area contributed by atoms with Crippen molar-refractivity contribution in [2.24, 2.45) is 5.92 Å². The minimum Gasteiger partial charge on any atom is -0.309 e. The van der Waals surface area contributed by atoms with Gasteiger partial charge in [0.25, 0.3) is 0 Å². The molecule has 0 amide bonds. The highest BCUT2D eigenvalue weighted by molar-refractivity contribution is 9.10. The van der Waals surface area contributed by atoms with E-state index in [1.54, 1.807) is 0 Å². The minimum absolute atomic E-state index is 0.746. The molecule has 0 aromatic carbocycles. The van der Waals surface area contributed by atoms with E-state index in [2.05, 4.69) is 39.6 Å². The molecule has 1 N–H and O–H groups in total. The van der Waals surface area contributed by atoms with E-state index < -0.39 is 0 Å². The maximum atomic E-state index is 3.67. The van der Waals surface area contributed by atoms with E-state index in [1.807, 2.05) is 11.3 Å². The van der Waals surface area contributed by atoms with Crippen molar-refractivity contribution in [1.29, 1.82) is 0 Å². The van der Waals surface area contributed by atoms with E-state index in [0.29, 0.717) is 0 Å². The van der Waals surface area contributed by atoms with Crippen LogP contribution in [0.2, 0.25) is 0 Å². The summed E-state index contributed by atoms with van der Waals surface area (Å²) in [6.45, 7) is 3.39. The molecule has 0 bridgehead atoms. The summed E-state index contributed by atoms with van der Waals surface area (Å²) in [4.78, 5) is 1.42. The van der Waals surface area contributed by atoms with Gasteiger partial charge in [-0.05, 0) is 59.0 Å². The van der Waals surface area contributed by atoms with E-state index in [1.165, 1.54) is 35.0 Å². The molecule has 0 radical (unpaired) electrons. The Balaban J connectivity index is 1.77. The maximum Gasteiger partial charge on any atom is 0.0327 e. The molecular weight excluding hydrogens is 270 g/mol. The molecule has 2 rings (SSSR count). The molecule has 1 saturated carbocycles. The van der Waals surface area contributed by atoms with Crippen LogP contribution < -0.4 is 5.32 Å². The number of nitrogens with one attached hydrogen (secondary N) is 1. The lowest BCUT2D eigenvalue weighted by atomic mass is 9.87. The van der Waals surface area contributed by atoms with Gasteiger partial charge in [0, 0.05) is 21.9 Å². The lowest BCUT2D eigenvalue weighted by Crippen LogP contribution is -2.32. The Labute approximate surface area is 104 Å². The highest BCUT2D eigenvalue weighted by Crippen LogP contribution is 2.25. The zero-order valence-corrected chi connectivity index (χ0v) is 11.5. The number of rotatable bonds is 3. The van der Waals surface area contributed by atoms with E-state index in [9.17, 15) is 0 Å². The van der Waals surface area contributed by atoms with Gasteiger partial charge < -0.3 is 5.32 Å². The van der Waals surface area contributed by atoms with E-state index in [-0.39, 0.29) is 0 Å². The van der Waals surface area contributed by atoms with Crippen molar-refractivity contribution in [3.05, 3.63) is 20.8 Å². The van der Waals surface area contributed by atoms with Crippen molar-refractivity contribution in [2.75, 3.05) is 0 Å². The highest BCUT2D eigenvalue weighted by Gasteiger charge is 2.17. The van der Waals surface area contributed by atoms with Gasteiger partial charge in [-0.25, -0.2) is 0 Å². The SMILES string of the molecule is CC1CCC(NCc2sccc2Br)CC1. The second-order valence-corrected chi connectivity index (χ2v) is 6.38. The largest absolute Gasteiger partial charge is 0.309 e. The molecule has 3 heteroatoms. The molecule has 15 heavy (non-hydrogen) atoms. The quantitative estimate of drug-likeness (QED) is 0.880. The van der Waals surface area contributed by atoms with Gasteiger partial charge in [0.1, 0.15) is 0 Å². The summed E-state index contributed by atoms with van der Waals surface area (Å²) in [6.07, 6.45) is 5.49. The molecule has 1 aliphatic rings. The van der Waals surface area contributed by atoms with Crippen molar-refractivity contribution >= 4 is 27.3 Å². The summed E-state index contributed by atoms with van der Waals surface area (Å²) in [5.74, 6) is 0.941. The van der Waals surface area contributed by atoms with Crippen LogP contribution in [0.4, 0.5) is 0 Å². The average Bonchev–Trinajstić information content (AvgIpc) is 2.63. The summed E-state index contributed by atoms with van der Waals surface area (Å²) < 4.78 is 1.25. The van der Waals surface area contributed by atoms with Gasteiger partial charge >= 0.3 is 0 Å². The van der Waals surface area contributed by atoms with E-state index >= 15 is 0 Å². The molecule has 0 unspecified atom stereocenters. The smallest absolute Gasteiger partial charge is 0.0327 e. The predicted molar refractivity (Wildman–Crippen MR) is 70.3 cm³/mol. The summed E-state index contributed by atoms with van der Waals surface area (Å²) in [5, 5.41) is 5.81. The fourth-order valence-corrected chi connectivity index (χ4v) is 3.60. The first kappa shape index (κ1) is 11.6. The van der Waals surface area contributed by atoms with Gasteiger partial charge in [0.15, 0.2) is 0 Å². The van der Waals surface area contributed by atoms with Crippen molar-refractivity contribution in [2.45, 2.75) is 45.2 Å². The first-order valence-corrected chi connectivity index (χ1v) is 7.38. The van der Waals surface area contributed by atoms with Gasteiger partial charge in [-0.3, -0.25) is 0 Å². The monoisotopic (exact) mass is 287 g/mol. The Hall–Kier alpha value is 0.140. The van der Waals surface area contributed by atoms with Gasteiger partial charge in [-0.2, -0.15) is 0 Å². The Bertz CT molecular complexity index is 302. The fourth-order valence-electron chi connectivity index (χ4n) is 2.15. The summed E-state index contributed by atoms with van der Waals surface area (Å²) in [6, 6.07) is 2.88. The van der Waals surface area contributed by atoms with Crippen LogP contribution in [0.15, 0.2) is 15.9 Å². The zero-order valence-electron chi connectivity index (χ0n) is 9.13. The molecule has 1 fully saturated rings. The Morgan fingerprint density at radius 2 is 2.13 bits per heavy atom. The molecule has 1 aromatic rings. The van der Waals surface area contributed by atoms with Gasteiger partial charge in [-0.1, -0.05) is 6.92 Å². The lowest BCUT2D eigenvalue weighted by molar-refractivity contribution is 0.307. The average molecular weight is 288 g/mol. The normalized spacial score (nSPS) is 26.8. The Kier molecular flexibility index (Phi) is 4.23. The molecular formula is C12H18BrNS. The summed E-state index contributed by atoms with van der Waals surface area (Å²) in [7, 11) is 0. The molecule has 1 aromatic heterocycles. The van der Waals surface area contributed by atoms with Crippen LogP contribution in [0.3, 0.4) is 0 Å². The fraction of sp³-hybridized carbons (Fsp3) is 0.667. The number of hydrogen-bond acceptors (Lipinski definition) is 2. The van der Waals surface area contributed by atoms with Crippen LogP contribution >= 0.6 is 27.3 Å². The van der Waals surface area contributed by atoms with Crippen LogP contribution in [-0.2, 0) is 6.54 Å². The van der Waals surface area contributed by atoms with Gasteiger partial charge in [0.05, 0.1) is 0 Å². The number of thiophene rings is 1. The minimum atomic E-state index is 0.746. The highest BCUT2D eigenvalue weighted by atomic mass is 79.9. The van der Waals surface area contributed by atoms with Crippen molar-refractivity contribution in [3.63, 3.8) is 0 Å². The van der Waals surface area contributed by atoms with Crippen molar-refractivity contribution < 1.29 is 0 Å². The number of halogens is 1. The third-order valence-electron chi connectivity index (χ3n) is 3.26. The maximum absolute atomic E-state index is 3.67. The van der Waals surface area contributed by atoms with E-state index in [4.69, 9.17) is 0 Å². The molecule has 0 atom stereocenters. The van der Waals surface area contributed by atoms with E-state index in [0.717, 1.165) is 18.5 Å². The molecule has 0 saturated heterocycles. The van der Waals surface area contributed by atoms with Crippen LogP contribution in [0.5, 0.6) is 0 Å². The van der Waals surface area contributed by atoms with Crippen LogP contribution in [0, 0.1) is 5.92 Å². The molecule has 84 valence electrons. The van der Waals surface area contributed by atoms with Crippen molar-refractivity contribution in [1.82, 2.24) is 5.32 Å². The third-order valence-corrected chi connectivity index (χ3v) is 5.18. The molecule has 0 spiro atoms. The number of hydrogen-bond donors (Lipinski definition) is 1. The van der Waals surface area contributed by atoms with Gasteiger partial charge in [-0.15, -0.1) is 11.3 Å². The van der Waals surface area contributed by atoms with Crippen LogP contribution in [0.1, 0.15) is 37.5 Å². The molecule has 0 aliphatic heterocycles. The third kappa shape index (κ3) is 3.30. The lowest BCUT2D eigenvalue weighted by Gasteiger charge is -2.26.